The van der Waals surface area contributed by atoms with Crippen molar-refractivity contribution in [3.63, 3.8) is 0 Å². The first-order valence-corrected chi connectivity index (χ1v) is 13.3. The van der Waals surface area contributed by atoms with Crippen LogP contribution in [0, 0.1) is 0 Å². The third-order valence-corrected chi connectivity index (χ3v) is 7.28. The second-order valence-electron chi connectivity index (χ2n) is 8.40. The molecule has 0 radical (unpaired) electrons. The number of carbonyl (C=O) groups excluding carboxylic acids is 1. The van der Waals surface area contributed by atoms with Crippen LogP contribution in [0.5, 0.6) is 5.75 Å². The highest BCUT2D eigenvalue weighted by Crippen LogP contribution is 2.47. The Morgan fingerprint density at radius 2 is 2.06 bits per heavy atom. The van der Waals surface area contributed by atoms with E-state index >= 15 is 0 Å². The molecule has 12 nitrogen and oxygen atoms in total. The maximum atomic E-state index is 13.6. The number of benzene rings is 1. The summed E-state index contributed by atoms with van der Waals surface area (Å²) < 4.78 is 36.5. The molecule has 0 saturated carbocycles. The minimum Gasteiger partial charge on any atom is -0.468 e. The molecule has 14 heteroatoms. The van der Waals surface area contributed by atoms with Gasteiger partial charge in [-0.15, -0.1) is 0 Å². The summed E-state index contributed by atoms with van der Waals surface area (Å²) in [5, 5.41) is 13.1. The van der Waals surface area contributed by atoms with E-state index in [1.165, 1.54) is 38.2 Å². The smallest absolute Gasteiger partial charge is 0.459 e. The minimum absolute atomic E-state index is 0.00235. The average molecular weight is 588 g/mol. The number of methoxy groups -OCH3 is 1. The maximum Gasteiger partial charge on any atom is 0.459 e. The molecule has 0 aliphatic carbocycles. The number of carbonyl (C=O) groups is 1. The van der Waals surface area contributed by atoms with Gasteiger partial charge in [-0.2, -0.15) is 5.09 Å². The Kier molecular flexibility index (Phi) is 9.09. The molecule has 4 atom stereocenters. The molecule has 196 valence electrons. The van der Waals surface area contributed by atoms with E-state index in [-0.39, 0.29) is 17.7 Å². The van der Waals surface area contributed by atoms with Gasteiger partial charge in [0.15, 0.2) is 0 Å². The molecule has 1 aliphatic heterocycles. The zero-order valence-electron chi connectivity index (χ0n) is 19.8. The van der Waals surface area contributed by atoms with Crippen LogP contribution >= 0.6 is 23.7 Å². The van der Waals surface area contributed by atoms with Crippen molar-refractivity contribution in [3.8, 4) is 5.75 Å². The summed E-state index contributed by atoms with van der Waals surface area (Å²) in [5.74, 6) is -0.488. The number of halogens is 1. The third kappa shape index (κ3) is 6.81. The predicted octanol–water partition coefficient (Wildman–Crippen LogP) is 2.30. The fraction of sp³-hybridized carbons (Fsp3) is 0.409. The van der Waals surface area contributed by atoms with Gasteiger partial charge in [-0.3, -0.25) is 23.7 Å². The molecule has 1 fully saturated rings. The van der Waals surface area contributed by atoms with Crippen LogP contribution in [0.3, 0.4) is 0 Å². The van der Waals surface area contributed by atoms with Crippen molar-refractivity contribution in [2.45, 2.75) is 44.2 Å². The fourth-order valence-corrected chi connectivity index (χ4v) is 5.42. The summed E-state index contributed by atoms with van der Waals surface area (Å²) in [6, 6.07) is 8.19. The van der Waals surface area contributed by atoms with Crippen LogP contribution in [0.4, 0.5) is 0 Å². The van der Waals surface area contributed by atoms with Crippen LogP contribution in [0.15, 0.2) is 51.1 Å². The lowest BCUT2D eigenvalue weighted by molar-refractivity contribution is -0.146. The van der Waals surface area contributed by atoms with Crippen LogP contribution in [0.25, 0.3) is 6.08 Å². The molecule has 0 spiro atoms. The van der Waals surface area contributed by atoms with Crippen LogP contribution in [-0.2, 0) is 23.4 Å². The molecule has 36 heavy (non-hydrogen) atoms. The molecule has 2 aromatic rings. The largest absolute Gasteiger partial charge is 0.468 e. The number of hydrogen-bond donors (Lipinski definition) is 3. The Morgan fingerprint density at radius 1 is 1.36 bits per heavy atom. The Labute approximate surface area is 214 Å². The number of H-pyrrole nitrogens is 1. The van der Waals surface area contributed by atoms with E-state index in [2.05, 4.69) is 26.0 Å². The summed E-state index contributed by atoms with van der Waals surface area (Å²) in [4.78, 5) is 40.1. The first kappa shape index (κ1) is 28.0. The summed E-state index contributed by atoms with van der Waals surface area (Å²) in [6.07, 6.45) is -0.254. The summed E-state index contributed by atoms with van der Waals surface area (Å²) >= 11 is 3.08. The number of aliphatic hydroxyl groups excluding tert-OH is 1. The molecule has 1 aliphatic rings. The first-order valence-electron chi connectivity index (χ1n) is 10.8. The molecule has 1 aromatic heterocycles. The molecule has 3 N–H and O–H groups in total. The molecule has 1 aromatic carbocycles. The summed E-state index contributed by atoms with van der Waals surface area (Å²) in [7, 11) is -3.01. The Balaban J connectivity index is 1.79. The number of aromatic amines is 1. The van der Waals surface area contributed by atoms with E-state index in [0.29, 0.717) is 0 Å². The average Bonchev–Trinajstić information content (AvgIpc) is 3.19. The maximum absolute atomic E-state index is 13.6. The number of aliphatic hydroxyl groups is 1. The van der Waals surface area contributed by atoms with Gasteiger partial charge < -0.3 is 19.1 Å². The van der Waals surface area contributed by atoms with Gasteiger partial charge in [0.25, 0.3) is 5.56 Å². The normalized spacial score (nSPS) is 21.9. The van der Waals surface area contributed by atoms with Crippen molar-refractivity contribution in [2.75, 3.05) is 13.7 Å². The van der Waals surface area contributed by atoms with Gasteiger partial charge in [-0.05, 0) is 37.0 Å². The van der Waals surface area contributed by atoms with Crippen molar-refractivity contribution in [1.29, 1.82) is 0 Å². The van der Waals surface area contributed by atoms with Crippen molar-refractivity contribution < 1.29 is 33.0 Å². The van der Waals surface area contributed by atoms with Gasteiger partial charge >= 0.3 is 19.4 Å². The van der Waals surface area contributed by atoms with E-state index < -0.39 is 55.5 Å². The molecule has 0 amide bonds. The van der Waals surface area contributed by atoms with Gasteiger partial charge in [-0.1, -0.05) is 34.1 Å². The highest BCUT2D eigenvalue weighted by molar-refractivity contribution is 9.11. The molecule has 3 rings (SSSR count). The van der Waals surface area contributed by atoms with Gasteiger partial charge in [-0.25, -0.2) is 9.36 Å². The molecule has 2 heterocycles. The second-order valence-corrected chi connectivity index (χ2v) is 10.6. The van der Waals surface area contributed by atoms with Gasteiger partial charge in [0.05, 0.1) is 25.4 Å². The molecular weight excluding hydrogens is 561 g/mol. The number of hydrogen-bond acceptors (Lipinski definition) is 9. The van der Waals surface area contributed by atoms with Crippen LogP contribution in [0.1, 0.15) is 32.1 Å². The lowest BCUT2D eigenvalue weighted by atomic mass is 10.1. The quantitative estimate of drug-likeness (QED) is 0.278. The number of ether oxygens (including phenoxy) is 2. The Bertz CT molecular complexity index is 1260. The van der Waals surface area contributed by atoms with E-state index in [9.17, 15) is 24.1 Å². The third-order valence-electron chi connectivity index (χ3n) is 5.24. The van der Waals surface area contributed by atoms with Gasteiger partial charge in [0, 0.05) is 12.6 Å². The van der Waals surface area contributed by atoms with Crippen LogP contribution in [0.2, 0.25) is 0 Å². The van der Waals surface area contributed by atoms with Crippen molar-refractivity contribution >= 4 is 35.7 Å². The van der Waals surface area contributed by atoms with E-state index in [1.807, 2.05) is 0 Å². The summed E-state index contributed by atoms with van der Waals surface area (Å²) in [6.45, 7) is 2.49. The SMILES string of the molecule is COC(=O)C(C)(C)NP(=O)(OC[C@H]1O[C@@H](n2cc(/C=C/Br)c(=O)[nH]c2=O)C[C@H]1O)Oc1ccccc1. The minimum atomic E-state index is -4.21. The van der Waals surface area contributed by atoms with E-state index in [1.54, 1.807) is 30.3 Å². The number of nitrogens with zero attached hydrogens (tertiary/aromatic N) is 1. The number of rotatable bonds is 10. The Morgan fingerprint density at radius 3 is 2.69 bits per heavy atom. The van der Waals surface area contributed by atoms with Crippen molar-refractivity contribution in [1.82, 2.24) is 14.6 Å². The van der Waals surface area contributed by atoms with E-state index in [0.717, 1.165) is 4.57 Å². The monoisotopic (exact) mass is 587 g/mol. The lowest BCUT2D eigenvalue weighted by Gasteiger charge is -2.29. The predicted molar refractivity (Wildman–Crippen MR) is 134 cm³/mol. The van der Waals surface area contributed by atoms with E-state index in [4.69, 9.17) is 18.5 Å². The standard InChI is InChI=1S/C22H27BrN3O9P/c1-22(2,20(29)32-3)25-36(31,35-15-7-5-4-6-8-15)33-13-17-16(27)11-18(34-17)26-12-14(9-10-23)19(28)24-21(26)30/h4-10,12,16-18,27H,11,13H2,1-3H3,(H,25,31)(H,24,28,30)/b10-9+/t16-,17-,18-,36?/m1/s1. The zero-order chi connectivity index (χ0) is 26.5. The van der Waals surface area contributed by atoms with Gasteiger partial charge in [0.2, 0.25) is 0 Å². The second kappa shape index (κ2) is 11.7. The number of aromatic nitrogens is 2. The van der Waals surface area contributed by atoms with Crippen molar-refractivity contribution in [3.05, 3.63) is 67.9 Å². The van der Waals surface area contributed by atoms with Crippen LogP contribution < -0.4 is 20.9 Å². The fourth-order valence-electron chi connectivity index (χ4n) is 3.45. The van der Waals surface area contributed by atoms with Gasteiger partial charge in [0.1, 0.15) is 23.6 Å². The number of para-hydroxylation sites is 1. The first-order chi connectivity index (χ1) is 17.0. The highest BCUT2D eigenvalue weighted by Gasteiger charge is 2.42. The highest BCUT2D eigenvalue weighted by atomic mass is 79.9. The molecule has 1 unspecified atom stereocenters. The molecule has 1 saturated heterocycles. The lowest BCUT2D eigenvalue weighted by Crippen LogP contribution is -2.47. The number of nitrogens with one attached hydrogen (secondary N) is 2. The van der Waals surface area contributed by atoms with Crippen LogP contribution in [-0.4, -0.2) is 52.1 Å². The van der Waals surface area contributed by atoms with Crippen molar-refractivity contribution in [2.24, 2.45) is 0 Å². The number of esters is 1. The molecular formula is C22H27BrN3O9P. The zero-order valence-corrected chi connectivity index (χ0v) is 22.2. The Hall–Kier alpha value is -2.54. The molecule has 0 bridgehead atoms. The summed E-state index contributed by atoms with van der Waals surface area (Å²) in [5.41, 5.74) is -2.55. The topological polar surface area (TPSA) is 158 Å².